The molecule has 1 N–H and O–H groups in total. The van der Waals surface area contributed by atoms with Gasteiger partial charge in [-0.3, -0.25) is 4.79 Å². The van der Waals surface area contributed by atoms with E-state index in [9.17, 15) is 4.79 Å². The lowest BCUT2D eigenvalue weighted by Gasteiger charge is -2.32. The van der Waals surface area contributed by atoms with Crippen molar-refractivity contribution in [2.24, 2.45) is 5.92 Å². The molecule has 20 heavy (non-hydrogen) atoms. The first-order chi connectivity index (χ1) is 9.74. The van der Waals surface area contributed by atoms with Crippen LogP contribution in [0.2, 0.25) is 0 Å². The smallest absolute Gasteiger partial charge is 0.224 e. The van der Waals surface area contributed by atoms with E-state index in [0.29, 0.717) is 0 Å². The molecule has 1 heterocycles. The fourth-order valence-corrected chi connectivity index (χ4v) is 3.57. The zero-order valence-corrected chi connectivity index (χ0v) is 12.3. The molecule has 1 fully saturated rings. The standard InChI is InChI=1S/C17H24N2O/c1-19-11-5-8-14(12-19)17(20)18-16-10-4-7-13-6-2-3-9-15(13)16/h2-3,6,9,14,16H,4-5,7-8,10-12H2,1H3,(H,18,20)/t14-,16+/m1/s1. The number of rotatable bonds is 2. The van der Waals surface area contributed by atoms with Gasteiger partial charge in [0.15, 0.2) is 0 Å². The molecule has 2 aliphatic rings. The highest BCUT2D eigenvalue weighted by atomic mass is 16.2. The second-order valence-electron chi connectivity index (χ2n) is 6.25. The van der Waals surface area contributed by atoms with Gasteiger partial charge in [0.25, 0.3) is 0 Å². The number of nitrogens with zero attached hydrogens (tertiary/aromatic N) is 1. The van der Waals surface area contributed by atoms with Crippen molar-refractivity contribution in [3.8, 4) is 0 Å². The monoisotopic (exact) mass is 272 g/mol. The van der Waals surface area contributed by atoms with E-state index in [1.54, 1.807) is 0 Å². The third-order valence-electron chi connectivity index (χ3n) is 4.68. The minimum atomic E-state index is 0.169. The van der Waals surface area contributed by atoms with Crippen LogP contribution in [0.3, 0.4) is 0 Å². The van der Waals surface area contributed by atoms with E-state index in [1.807, 2.05) is 0 Å². The predicted molar refractivity (Wildman–Crippen MR) is 80.5 cm³/mol. The molecule has 2 atom stereocenters. The maximum atomic E-state index is 12.5. The third-order valence-corrected chi connectivity index (χ3v) is 4.68. The van der Waals surface area contributed by atoms with Gasteiger partial charge in [0.2, 0.25) is 5.91 Å². The third kappa shape index (κ3) is 2.88. The van der Waals surface area contributed by atoms with Crippen molar-refractivity contribution in [3.05, 3.63) is 35.4 Å². The van der Waals surface area contributed by atoms with Gasteiger partial charge in [-0.05, 0) is 56.8 Å². The molecule has 1 aromatic rings. The predicted octanol–water partition coefficient (Wildman–Crippen LogP) is 2.52. The number of carbonyl (C=O) groups is 1. The molecule has 0 radical (unpaired) electrons. The summed E-state index contributed by atoms with van der Waals surface area (Å²) in [6.45, 7) is 2.02. The zero-order valence-electron chi connectivity index (χ0n) is 12.3. The molecular weight excluding hydrogens is 248 g/mol. The highest BCUT2D eigenvalue weighted by molar-refractivity contribution is 5.79. The molecule has 3 nitrogen and oxygen atoms in total. The van der Waals surface area contributed by atoms with Crippen molar-refractivity contribution in [2.75, 3.05) is 20.1 Å². The number of hydrogen-bond acceptors (Lipinski definition) is 2. The van der Waals surface area contributed by atoms with Crippen molar-refractivity contribution >= 4 is 5.91 Å². The highest BCUT2D eigenvalue weighted by Crippen LogP contribution is 2.30. The Morgan fingerprint density at radius 1 is 1.25 bits per heavy atom. The van der Waals surface area contributed by atoms with Gasteiger partial charge in [0.05, 0.1) is 12.0 Å². The van der Waals surface area contributed by atoms with Gasteiger partial charge in [-0.15, -0.1) is 0 Å². The fourth-order valence-electron chi connectivity index (χ4n) is 3.57. The summed E-state index contributed by atoms with van der Waals surface area (Å²) >= 11 is 0. The molecule has 0 bridgehead atoms. The SMILES string of the molecule is CN1CCC[C@@H](C(=O)N[C@H]2CCCc3ccccc32)C1. The second-order valence-corrected chi connectivity index (χ2v) is 6.25. The fraction of sp³-hybridized carbons (Fsp3) is 0.588. The number of nitrogens with one attached hydrogen (secondary N) is 1. The lowest BCUT2D eigenvalue weighted by atomic mass is 9.87. The normalized spacial score (nSPS) is 26.9. The Morgan fingerprint density at radius 3 is 2.95 bits per heavy atom. The summed E-state index contributed by atoms with van der Waals surface area (Å²) in [6, 6.07) is 8.77. The minimum absolute atomic E-state index is 0.169. The van der Waals surface area contributed by atoms with Crippen molar-refractivity contribution in [2.45, 2.75) is 38.1 Å². The van der Waals surface area contributed by atoms with Gasteiger partial charge in [0.1, 0.15) is 0 Å². The molecule has 1 aliphatic heterocycles. The lowest BCUT2D eigenvalue weighted by molar-refractivity contribution is -0.127. The first-order valence-corrected chi connectivity index (χ1v) is 7.81. The summed E-state index contributed by atoms with van der Waals surface area (Å²) in [5.41, 5.74) is 2.74. The summed E-state index contributed by atoms with van der Waals surface area (Å²) < 4.78 is 0. The number of amides is 1. The average molecular weight is 272 g/mol. The maximum absolute atomic E-state index is 12.5. The van der Waals surface area contributed by atoms with Crippen LogP contribution >= 0.6 is 0 Å². The Morgan fingerprint density at radius 2 is 2.10 bits per heavy atom. The highest BCUT2D eigenvalue weighted by Gasteiger charge is 2.27. The molecule has 3 heteroatoms. The second kappa shape index (κ2) is 5.96. The molecule has 1 aliphatic carbocycles. The molecule has 0 saturated carbocycles. The Hall–Kier alpha value is -1.35. The van der Waals surface area contributed by atoms with Crippen molar-refractivity contribution in [1.82, 2.24) is 10.2 Å². The maximum Gasteiger partial charge on any atom is 0.224 e. The van der Waals surface area contributed by atoms with Gasteiger partial charge in [-0.25, -0.2) is 0 Å². The molecule has 0 aromatic heterocycles. The van der Waals surface area contributed by atoms with Crippen LogP contribution in [0.25, 0.3) is 0 Å². The van der Waals surface area contributed by atoms with Crippen LogP contribution < -0.4 is 5.32 Å². The van der Waals surface area contributed by atoms with Crippen molar-refractivity contribution in [3.63, 3.8) is 0 Å². The number of fused-ring (bicyclic) bond motifs is 1. The van der Waals surface area contributed by atoms with E-state index in [1.165, 1.54) is 17.5 Å². The molecule has 1 saturated heterocycles. The number of piperidine rings is 1. The number of aryl methyl sites for hydroxylation is 1. The van der Waals surface area contributed by atoms with Crippen molar-refractivity contribution < 1.29 is 4.79 Å². The molecule has 108 valence electrons. The van der Waals surface area contributed by atoms with Crippen LogP contribution in [0.15, 0.2) is 24.3 Å². The number of hydrogen-bond donors (Lipinski definition) is 1. The van der Waals surface area contributed by atoms with Crippen LogP contribution in [0.4, 0.5) is 0 Å². The molecule has 3 rings (SSSR count). The van der Waals surface area contributed by atoms with E-state index < -0.39 is 0 Å². The van der Waals surface area contributed by atoms with Gasteiger partial charge in [-0.2, -0.15) is 0 Å². The van der Waals surface area contributed by atoms with Crippen LogP contribution in [0.1, 0.15) is 42.9 Å². The minimum Gasteiger partial charge on any atom is -0.349 e. The molecule has 0 spiro atoms. The summed E-state index contributed by atoms with van der Waals surface area (Å²) in [5, 5.41) is 3.30. The Kier molecular flexibility index (Phi) is 4.06. The van der Waals surface area contributed by atoms with E-state index in [-0.39, 0.29) is 17.9 Å². The average Bonchev–Trinajstić information content (AvgIpc) is 2.47. The van der Waals surface area contributed by atoms with Gasteiger partial charge >= 0.3 is 0 Å². The quantitative estimate of drug-likeness (QED) is 0.897. The summed E-state index contributed by atoms with van der Waals surface area (Å²) in [4.78, 5) is 14.8. The zero-order chi connectivity index (χ0) is 13.9. The Labute approximate surface area is 121 Å². The topological polar surface area (TPSA) is 32.3 Å². The Balaban J connectivity index is 1.68. The molecule has 1 aromatic carbocycles. The molecule has 1 amide bonds. The summed E-state index contributed by atoms with van der Waals surface area (Å²) in [5.74, 6) is 0.418. The summed E-state index contributed by atoms with van der Waals surface area (Å²) in [7, 11) is 2.11. The van der Waals surface area contributed by atoms with Crippen LogP contribution in [0, 0.1) is 5.92 Å². The van der Waals surface area contributed by atoms with E-state index in [4.69, 9.17) is 0 Å². The van der Waals surface area contributed by atoms with Crippen LogP contribution in [-0.4, -0.2) is 30.9 Å². The van der Waals surface area contributed by atoms with Gasteiger partial charge < -0.3 is 10.2 Å². The first-order valence-electron chi connectivity index (χ1n) is 7.81. The Bertz CT molecular complexity index is 486. The van der Waals surface area contributed by atoms with Crippen LogP contribution in [-0.2, 0) is 11.2 Å². The lowest BCUT2D eigenvalue weighted by Crippen LogP contribution is -2.43. The van der Waals surface area contributed by atoms with E-state index in [2.05, 4.69) is 41.5 Å². The number of carbonyl (C=O) groups excluding carboxylic acids is 1. The van der Waals surface area contributed by atoms with E-state index in [0.717, 1.165) is 38.8 Å². The number of likely N-dealkylation sites (tertiary alicyclic amines) is 1. The summed E-state index contributed by atoms with van der Waals surface area (Å²) in [6.07, 6.45) is 5.56. The van der Waals surface area contributed by atoms with Gasteiger partial charge in [-0.1, -0.05) is 24.3 Å². The van der Waals surface area contributed by atoms with Gasteiger partial charge in [0, 0.05) is 6.54 Å². The van der Waals surface area contributed by atoms with Crippen LogP contribution in [0.5, 0.6) is 0 Å². The molecular formula is C17H24N2O. The largest absolute Gasteiger partial charge is 0.349 e. The number of benzene rings is 1. The first kappa shape index (κ1) is 13.6. The van der Waals surface area contributed by atoms with E-state index >= 15 is 0 Å². The van der Waals surface area contributed by atoms with Crippen molar-refractivity contribution in [1.29, 1.82) is 0 Å². The molecule has 0 unspecified atom stereocenters.